The summed E-state index contributed by atoms with van der Waals surface area (Å²) in [5.74, 6) is 0.682. The summed E-state index contributed by atoms with van der Waals surface area (Å²) in [5, 5.41) is 2.20. The van der Waals surface area contributed by atoms with Crippen molar-refractivity contribution in [2.45, 2.75) is 19.3 Å². The smallest absolute Gasteiger partial charge is 0.268 e. The van der Waals surface area contributed by atoms with Gasteiger partial charge in [0.15, 0.2) is 0 Å². The number of fused-ring (bicyclic) bond motifs is 1. The quantitative estimate of drug-likeness (QED) is 0.371. The molecule has 1 aliphatic heterocycles. The van der Waals surface area contributed by atoms with Crippen LogP contribution >= 0.6 is 7.82 Å². The molecule has 2 aromatic rings. The highest BCUT2D eigenvalue weighted by Gasteiger charge is 2.25. The van der Waals surface area contributed by atoms with Crippen molar-refractivity contribution in [3.8, 4) is 5.75 Å². The Labute approximate surface area is 160 Å². The molecule has 1 aliphatic rings. The summed E-state index contributed by atoms with van der Waals surface area (Å²) in [4.78, 5) is 11.9. The molecule has 27 heavy (non-hydrogen) atoms. The Hall–Kier alpha value is -1.43. The minimum absolute atomic E-state index is 0.0697. The van der Waals surface area contributed by atoms with Crippen LogP contribution in [0.4, 0.5) is 0 Å². The van der Waals surface area contributed by atoms with Crippen LogP contribution in [0.5, 0.6) is 5.75 Å². The van der Waals surface area contributed by atoms with E-state index < -0.39 is 7.82 Å². The number of phosphoric acid groups is 1. The first-order valence-electron chi connectivity index (χ1n) is 9.51. The highest BCUT2D eigenvalue weighted by Crippen LogP contribution is 2.38. The maximum Gasteiger partial charge on any atom is 0.268 e. The number of phosphoric ester groups is 1. The van der Waals surface area contributed by atoms with Crippen molar-refractivity contribution in [3.05, 3.63) is 42.5 Å². The lowest BCUT2D eigenvalue weighted by molar-refractivity contribution is -0.914. The SMILES string of the molecule is C[N+]1(CCOP(=O)([O-])OCCOc2ccc3ccccc3c2)CCCCC1. The van der Waals surface area contributed by atoms with Crippen molar-refractivity contribution in [1.29, 1.82) is 0 Å². The summed E-state index contributed by atoms with van der Waals surface area (Å²) in [5.41, 5.74) is 0. The van der Waals surface area contributed by atoms with E-state index in [0.717, 1.165) is 28.3 Å². The minimum Gasteiger partial charge on any atom is -0.756 e. The monoisotopic (exact) mass is 393 g/mol. The zero-order chi connectivity index (χ0) is 19.2. The third-order valence-electron chi connectivity index (χ3n) is 5.10. The highest BCUT2D eigenvalue weighted by molar-refractivity contribution is 7.45. The molecule has 0 amide bonds. The van der Waals surface area contributed by atoms with Gasteiger partial charge in [0.25, 0.3) is 7.82 Å². The number of nitrogens with zero attached hydrogens (tertiary/aromatic N) is 1. The first kappa shape index (κ1) is 20.3. The van der Waals surface area contributed by atoms with Crippen LogP contribution in [0.1, 0.15) is 19.3 Å². The Balaban J connectivity index is 1.37. The molecule has 2 aromatic carbocycles. The fraction of sp³-hybridized carbons (Fsp3) is 0.500. The van der Waals surface area contributed by atoms with Crippen LogP contribution in [-0.2, 0) is 13.6 Å². The Kier molecular flexibility index (Phi) is 6.90. The second-order valence-electron chi connectivity index (χ2n) is 7.32. The molecule has 1 unspecified atom stereocenters. The van der Waals surface area contributed by atoms with Gasteiger partial charge in [0, 0.05) is 0 Å². The number of ether oxygens (including phenoxy) is 1. The average Bonchev–Trinajstić information content (AvgIpc) is 2.65. The van der Waals surface area contributed by atoms with Crippen molar-refractivity contribution in [2.24, 2.45) is 0 Å². The molecule has 1 saturated heterocycles. The van der Waals surface area contributed by atoms with Gasteiger partial charge in [-0.2, -0.15) is 0 Å². The van der Waals surface area contributed by atoms with E-state index in [0.29, 0.717) is 12.3 Å². The second kappa shape index (κ2) is 9.18. The van der Waals surface area contributed by atoms with Crippen LogP contribution in [0, 0.1) is 0 Å². The van der Waals surface area contributed by atoms with E-state index in [2.05, 4.69) is 7.05 Å². The maximum atomic E-state index is 11.9. The summed E-state index contributed by atoms with van der Waals surface area (Å²) in [7, 11) is -2.14. The molecule has 0 aromatic heterocycles. The van der Waals surface area contributed by atoms with E-state index in [9.17, 15) is 9.46 Å². The van der Waals surface area contributed by atoms with E-state index in [1.54, 1.807) is 0 Å². The summed E-state index contributed by atoms with van der Waals surface area (Å²) in [6.07, 6.45) is 3.64. The third kappa shape index (κ3) is 6.30. The van der Waals surface area contributed by atoms with Crippen molar-refractivity contribution in [3.63, 3.8) is 0 Å². The van der Waals surface area contributed by atoms with Crippen LogP contribution < -0.4 is 9.63 Å². The highest BCUT2D eigenvalue weighted by atomic mass is 31.2. The van der Waals surface area contributed by atoms with Gasteiger partial charge in [0.1, 0.15) is 25.5 Å². The number of likely N-dealkylation sites (N-methyl/N-ethyl adjacent to an activating group) is 1. The van der Waals surface area contributed by atoms with Gasteiger partial charge in [-0.25, -0.2) is 0 Å². The Bertz CT molecular complexity index is 791. The van der Waals surface area contributed by atoms with Gasteiger partial charge in [0.05, 0.1) is 26.7 Å². The summed E-state index contributed by atoms with van der Waals surface area (Å²) >= 11 is 0. The standard InChI is InChI=1S/C20H28NO5P/c1-21(11-5-2-6-12-21)13-14-25-27(22,23)26-16-15-24-20-10-9-18-7-3-4-8-19(18)17-20/h3-4,7-10,17H,2,5-6,11-16H2,1H3. The molecule has 0 saturated carbocycles. The van der Waals surface area contributed by atoms with E-state index in [-0.39, 0.29) is 19.8 Å². The maximum absolute atomic E-state index is 11.9. The van der Waals surface area contributed by atoms with E-state index >= 15 is 0 Å². The predicted molar refractivity (Wildman–Crippen MR) is 104 cm³/mol. The van der Waals surface area contributed by atoms with Crippen molar-refractivity contribution in [2.75, 3.05) is 46.5 Å². The molecule has 1 atom stereocenters. The van der Waals surface area contributed by atoms with Gasteiger partial charge in [-0.1, -0.05) is 30.3 Å². The molecule has 0 spiro atoms. The first-order valence-corrected chi connectivity index (χ1v) is 11.0. The largest absolute Gasteiger partial charge is 0.756 e. The van der Waals surface area contributed by atoms with Gasteiger partial charge >= 0.3 is 0 Å². The summed E-state index contributed by atoms with van der Waals surface area (Å²) < 4.78 is 28.3. The lowest BCUT2D eigenvalue weighted by atomic mass is 10.1. The number of piperidine rings is 1. The van der Waals surface area contributed by atoms with Gasteiger partial charge in [-0.05, 0) is 42.2 Å². The second-order valence-corrected chi connectivity index (χ2v) is 8.73. The zero-order valence-electron chi connectivity index (χ0n) is 15.8. The van der Waals surface area contributed by atoms with Crippen LogP contribution in [-0.4, -0.2) is 51.0 Å². The average molecular weight is 393 g/mol. The number of benzene rings is 2. The number of quaternary nitrogens is 1. The third-order valence-corrected chi connectivity index (χ3v) is 6.10. The minimum atomic E-state index is -4.29. The van der Waals surface area contributed by atoms with Gasteiger partial charge in [-0.15, -0.1) is 0 Å². The first-order chi connectivity index (χ1) is 13.0. The lowest BCUT2D eigenvalue weighted by Crippen LogP contribution is -2.49. The Morgan fingerprint density at radius 3 is 2.44 bits per heavy atom. The molecule has 6 nitrogen and oxygen atoms in total. The predicted octanol–water partition coefficient (Wildman–Crippen LogP) is 3.35. The summed E-state index contributed by atoms with van der Waals surface area (Å²) in [6, 6.07) is 13.7. The van der Waals surface area contributed by atoms with E-state index in [1.807, 2.05) is 42.5 Å². The molecule has 148 valence electrons. The molecule has 0 N–H and O–H groups in total. The number of likely N-dealkylation sites (tertiary alicyclic amines) is 1. The number of rotatable bonds is 9. The van der Waals surface area contributed by atoms with Crippen molar-refractivity contribution in [1.82, 2.24) is 0 Å². The van der Waals surface area contributed by atoms with Crippen LogP contribution in [0.2, 0.25) is 0 Å². The molecule has 3 rings (SSSR count). The van der Waals surface area contributed by atoms with Crippen molar-refractivity contribution >= 4 is 18.6 Å². The van der Waals surface area contributed by atoms with Gasteiger partial charge in [0.2, 0.25) is 0 Å². The fourth-order valence-electron chi connectivity index (χ4n) is 3.48. The molecule has 0 radical (unpaired) electrons. The molecule has 1 heterocycles. The van der Waals surface area contributed by atoms with Crippen molar-refractivity contribution < 1.29 is 27.7 Å². The Morgan fingerprint density at radius 2 is 1.67 bits per heavy atom. The van der Waals surface area contributed by atoms with E-state index in [4.69, 9.17) is 13.8 Å². The number of hydrogen-bond acceptors (Lipinski definition) is 5. The van der Waals surface area contributed by atoms with Gasteiger partial charge < -0.3 is 23.2 Å². The van der Waals surface area contributed by atoms with Gasteiger partial charge in [-0.3, -0.25) is 4.57 Å². The van der Waals surface area contributed by atoms with Crippen LogP contribution in [0.3, 0.4) is 0 Å². The molecule has 0 bridgehead atoms. The molecule has 0 aliphatic carbocycles. The molecular formula is C20H28NO5P. The summed E-state index contributed by atoms with van der Waals surface area (Å²) in [6.45, 7) is 3.06. The van der Waals surface area contributed by atoms with Crippen LogP contribution in [0.25, 0.3) is 10.8 Å². The molecule has 7 heteroatoms. The topological polar surface area (TPSA) is 67.8 Å². The molecular weight excluding hydrogens is 365 g/mol. The zero-order valence-corrected chi connectivity index (χ0v) is 16.7. The van der Waals surface area contributed by atoms with Crippen LogP contribution in [0.15, 0.2) is 42.5 Å². The Morgan fingerprint density at radius 1 is 0.963 bits per heavy atom. The number of hydrogen-bond donors (Lipinski definition) is 0. The molecule has 1 fully saturated rings. The normalized spacial score (nSPS) is 18.9. The van der Waals surface area contributed by atoms with E-state index in [1.165, 1.54) is 19.3 Å². The lowest BCUT2D eigenvalue weighted by Gasteiger charge is -2.38. The fourth-order valence-corrected chi connectivity index (χ4v) is 4.15.